The molecule has 20 heavy (non-hydrogen) atoms. The van der Waals surface area contributed by atoms with Gasteiger partial charge in [0.05, 0.1) is 12.7 Å². The molecule has 0 radical (unpaired) electrons. The minimum atomic E-state index is -0.577. The summed E-state index contributed by atoms with van der Waals surface area (Å²) in [4.78, 5) is 16.1. The average molecular weight is 283 g/mol. The molecule has 1 aromatic rings. The zero-order chi connectivity index (χ0) is 14.7. The summed E-state index contributed by atoms with van der Waals surface area (Å²) in [6.07, 6.45) is 2.18. The van der Waals surface area contributed by atoms with Crippen LogP contribution in [0.1, 0.15) is 24.4 Å². The lowest BCUT2D eigenvalue weighted by atomic mass is 10.1. The van der Waals surface area contributed by atoms with E-state index in [9.17, 15) is 15.0 Å². The third-order valence-electron chi connectivity index (χ3n) is 3.82. The van der Waals surface area contributed by atoms with E-state index in [-0.39, 0.29) is 24.3 Å². The van der Waals surface area contributed by atoms with Crippen LogP contribution in [0.15, 0.2) is 11.0 Å². The van der Waals surface area contributed by atoms with Crippen molar-refractivity contribution >= 4 is 5.82 Å². The van der Waals surface area contributed by atoms with Crippen LogP contribution in [0.2, 0.25) is 0 Å². The smallest absolute Gasteiger partial charge is 0.349 e. The Morgan fingerprint density at radius 2 is 2.30 bits per heavy atom. The van der Waals surface area contributed by atoms with Gasteiger partial charge in [-0.25, -0.2) is 4.79 Å². The number of ether oxygens (including phenoxy) is 1. The molecule has 1 aliphatic rings. The van der Waals surface area contributed by atoms with E-state index >= 15 is 0 Å². The summed E-state index contributed by atoms with van der Waals surface area (Å²) >= 11 is 0. The lowest BCUT2D eigenvalue weighted by molar-refractivity contribution is 0.0906. The predicted octanol–water partition coefficient (Wildman–Crippen LogP) is -0.264. The highest BCUT2D eigenvalue weighted by molar-refractivity contribution is 5.41. The molecule has 1 saturated carbocycles. The SMILES string of the molecule is CNc1nc(=O)n(C2CC(O)C(CO)C2)cc1COC. The molecule has 1 fully saturated rings. The first-order valence-electron chi connectivity index (χ1n) is 6.68. The number of aromatic nitrogens is 2. The summed E-state index contributed by atoms with van der Waals surface area (Å²) in [6, 6.07) is -0.135. The summed E-state index contributed by atoms with van der Waals surface area (Å²) in [6.45, 7) is 0.279. The molecule has 0 spiro atoms. The lowest BCUT2D eigenvalue weighted by Crippen LogP contribution is -2.28. The Hall–Kier alpha value is -1.44. The largest absolute Gasteiger partial charge is 0.396 e. The van der Waals surface area contributed by atoms with Gasteiger partial charge >= 0.3 is 5.69 Å². The predicted molar refractivity (Wildman–Crippen MR) is 73.6 cm³/mol. The molecule has 7 nitrogen and oxygen atoms in total. The van der Waals surface area contributed by atoms with Crippen LogP contribution in [0.4, 0.5) is 5.82 Å². The molecule has 3 N–H and O–H groups in total. The van der Waals surface area contributed by atoms with Crippen LogP contribution in [-0.4, -0.2) is 46.6 Å². The van der Waals surface area contributed by atoms with Crippen molar-refractivity contribution in [1.29, 1.82) is 0 Å². The van der Waals surface area contributed by atoms with E-state index in [1.165, 1.54) is 4.57 Å². The zero-order valence-corrected chi connectivity index (χ0v) is 11.7. The molecule has 0 saturated heterocycles. The van der Waals surface area contributed by atoms with Crippen molar-refractivity contribution in [3.05, 3.63) is 22.2 Å². The number of aliphatic hydroxyl groups is 2. The van der Waals surface area contributed by atoms with Gasteiger partial charge < -0.3 is 20.3 Å². The Bertz CT molecular complexity index is 517. The molecule has 3 atom stereocenters. The molecule has 0 bridgehead atoms. The van der Waals surface area contributed by atoms with Crippen molar-refractivity contribution in [2.75, 3.05) is 26.1 Å². The molecule has 3 unspecified atom stereocenters. The normalized spacial score (nSPS) is 25.9. The molecule has 0 aliphatic heterocycles. The molecule has 2 rings (SSSR count). The fourth-order valence-corrected chi connectivity index (χ4v) is 2.75. The number of anilines is 1. The third kappa shape index (κ3) is 2.84. The first kappa shape index (κ1) is 15.0. The van der Waals surface area contributed by atoms with Crippen molar-refractivity contribution in [3.63, 3.8) is 0 Å². The van der Waals surface area contributed by atoms with Crippen molar-refractivity contribution < 1.29 is 14.9 Å². The van der Waals surface area contributed by atoms with Crippen LogP contribution in [0.3, 0.4) is 0 Å². The van der Waals surface area contributed by atoms with Gasteiger partial charge in [-0.15, -0.1) is 0 Å². The van der Waals surface area contributed by atoms with Crippen LogP contribution in [0, 0.1) is 5.92 Å². The van der Waals surface area contributed by atoms with Gasteiger partial charge in [0.15, 0.2) is 0 Å². The molecule has 1 aliphatic carbocycles. The van der Waals surface area contributed by atoms with E-state index in [0.29, 0.717) is 25.3 Å². The van der Waals surface area contributed by atoms with Crippen LogP contribution in [0.5, 0.6) is 0 Å². The second-order valence-corrected chi connectivity index (χ2v) is 5.12. The maximum atomic E-state index is 12.1. The first-order valence-corrected chi connectivity index (χ1v) is 6.68. The molecule has 112 valence electrons. The topological polar surface area (TPSA) is 96.6 Å². The Balaban J connectivity index is 2.32. The van der Waals surface area contributed by atoms with Gasteiger partial charge in [0.2, 0.25) is 0 Å². The fraction of sp³-hybridized carbons (Fsp3) is 0.692. The summed E-state index contributed by atoms with van der Waals surface area (Å²) in [5, 5.41) is 21.9. The van der Waals surface area contributed by atoms with Crippen molar-refractivity contribution in [2.24, 2.45) is 5.92 Å². The highest BCUT2D eigenvalue weighted by atomic mass is 16.5. The molecular weight excluding hydrogens is 262 g/mol. The Labute approximate surface area is 117 Å². The van der Waals surface area contributed by atoms with Crippen LogP contribution in [-0.2, 0) is 11.3 Å². The average Bonchev–Trinajstić information content (AvgIpc) is 2.81. The van der Waals surface area contributed by atoms with Crippen molar-refractivity contribution in [1.82, 2.24) is 9.55 Å². The molecule has 7 heteroatoms. The summed E-state index contributed by atoms with van der Waals surface area (Å²) < 4.78 is 6.64. The van der Waals surface area contributed by atoms with E-state index in [1.807, 2.05) is 0 Å². The molecular formula is C13H21N3O4. The monoisotopic (exact) mass is 283 g/mol. The second-order valence-electron chi connectivity index (χ2n) is 5.12. The molecule has 1 heterocycles. The lowest BCUT2D eigenvalue weighted by Gasteiger charge is -2.16. The Morgan fingerprint density at radius 1 is 1.55 bits per heavy atom. The zero-order valence-electron chi connectivity index (χ0n) is 11.7. The van der Waals surface area contributed by atoms with Crippen LogP contribution >= 0.6 is 0 Å². The maximum absolute atomic E-state index is 12.1. The number of nitrogens with one attached hydrogen (secondary N) is 1. The van der Waals surface area contributed by atoms with E-state index in [1.54, 1.807) is 20.4 Å². The highest BCUT2D eigenvalue weighted by Gasteiger charge is 2.34. The molecule has 0 amide bonds. The van der Waals surface area contributed by atoms with Crippen molar-refractivity contribution in [2.45, 2.75) is 31.6 Å². The van der Waals surface area contributed by atoms with Gasteiger partial charge in [0.25, 0.3) is 0 Å². The Morgan fingerprint density at radius 3 is 2.85 bits per heavy atom. The van der Waals surface area contributed by atoms with Gasteiger partial charge in [-0.3, -0.25) is 4.57 Å². The van der Waals surface area contributed by atoms with Gasteiger partial charge in [0, 0.05) is 44.5 Å². The quantitative estimate of drug-likeness (QED) is 0.688. The summed E-state index contributed by atoms with van der Waals surface area (Å²) in [7, 11) is 3.28. The van der Waals surface area contributed by atoms with Gasteiger partial charge in [0.1, 0.15) is 5.82 Å². The number of methoxy groups -OCH3 is 1. The first-order chi connectivity index (χ1) is 9.60. The number of hydrogen-bond acceptors (Lipinski definition) is 6. The van der Waals surface area contributed by atoms with Crippen LogP contribution in [0.25, 0.3) is 0 Å². The van der Waals surface area contributed by atoms with Crippen LogP contribution < -0.4 is 11.0 Å². The minimum absolute atomic E-state index is 0.0701. The van der Waals surface area contributed by atoms with E-state index in [4.69, 9.17) is 4.74 Å². The number of aliphatic hydroxyl groups excluding tert-OH is 2. The van der Waals surface area contributed by atoms with Gasteiger partial charge in [-0.1, -0.05) is 0 Å². The minimum Gasteiger partial charge on any atom is -0.396 e. The highest BCUT2D eigenvalue weighted by Crippen LogP contribution is 2.34. The van der Waals surface area contributed by atoms with E-state index in [0.717, 1.165) is 5.56 Å². The van der Waals surface area contributed by atoms with E-state index < -0.39 is 6.10 Å². The number of rotatable bonds is 5. The standard InChI is InChI=1S/C13H21N3O4/c1-14-12-9(7-20-2)5-16(13(19)15-12)10-3-8(6-17)11(18)4-10/h5,8,10-11,17-18H,3-4,6-7H2,1-2H3,(H,14,15,19). The maximum Gasteiger partial charge on any atom is 0.349 e. The molecule has 0 aromatic carbocycles. The third-order valence-corrected chi connectivity index (χ3v) is 3.82. The van der Waals surface area contributed by atoms with Crippen molar-refractivity contribution in [3.8, 4) is 0 Å². The van der Waals surface area contributed by atoms with Gasteiger partial charge in [-0.2, -0.15) is 4.98 Å². The molecule has 1 aromatic heterocycles. The number of hydrogen-bond donors (Lipinski definition) is 3. The van der Waals surface area contributed by atoms with E-state index in [2.05, 4.69) is 10.3 Å². The summed E-state index contributed by atoms with van der Waals surface area (Å²) in [5.41, 5.74) is 0.432. The van der Waals surface area contributed by atoms with Gasteiger partial charge in [-0.05, 0) is 12.8 Å². The second kappa shape index (κ2) is 6.34. The Kier molecular flexibility index (Phi) is 4.74. The number of nitrogens with zero attached hydrogens (tertiary/aromatic N) is 2. The fourth-order valence-electron chi connectivity index (χ4n) is 2.75. The summed E-state index contributed by atoms with van der Waals surface area (Å²) in [5.74, 6) is 0.326.